The minimum absolute atomic E-state index is 0.820. The van der Waals surface area contributed by atoms with Gasteiger partial charge in [0.2, 0.25) is 0 Å². The van der Waals surface area contributed by atoms with Gasteiger partial charge in [0, 0.05) is 58.3 Å². The number of rotatable bonds is 14. The summed E-state index contributed by atoms with van der Waals surface area (Å²) in [4.78, 5) is 10.8. The molecule has 328 valence electrons. The molecule has 3 aromatic heterocycles. The predicted octanol–water partition coefficient (Wildman–Crippen LogP) is 15.4. The Morgan fingerprint density at radius 3 is 1.37 bits per heavy atom. The van der Waals surface area contributed by atoms with E-state index >= 15 is 0 Å². The first kappa shape index (κ1) is 42.9. The maximum atomic E-state index is 5.45. The van der Waals surface area contributed by atoms with Gasteiger partial charge in [-0.1, -0.05) is 121 Å². The summed E-state index contributed by atoms with van der Waals surface area (Å²) >= 11 is 0. The molecule has 10 rings (SSSR count). The van der Waals surface area contributed by atoms with E-state index in [-0.39, 0.29) is 0 Å². The molecule has 10 aromatic rings. The third-order valence-corrected chi connectivity index (χ3v) is 12.1. The lowest BCUT2D eigenvalue weighted by Crippen LogP contribution is -2.10. The van der Waals surface area contributed by atoms with E-state index in [4.69, 9.17) is 9.47 Å². The average Bonchev–Trinajstić information content (AvgIpc) is 3.74. The van der Waals surface area contributed by atoms with Crippen LogP contribution in [0.4, 0.5) is 17.1 Å². The Morgan fingerprint density at radius 1 is 0.426 bits per heavy atom. The topological polar surface area (TPSA) is 52.4 Å². The van der Waals surface area contributed by atoms with Gasteiger partial charge in [0.05, 0.1) is 25.3 Å². The van der Waals surface area contributed by atoms with Crippen LogP contribution in [0.1, 0.15) is 33.4 Å². The summed E-state index contributed by atoms with van der Waals surface area (Å²) in [6, 6.07) is 68.0. The van der Waals surface area contributed by atoms with Crippen LogP contribution in [0.3, 0.4) is 0 Å². The highest BCUT2D eigenvalue weighted by molar-refractivity contribution is 6.10. The zero-order chi connectivity index (χ0) is 46.1. The molecule has 0 aliphatic rings. The Hall–Kier alpha value is -9.00. The Balaban J connectivity index is 1.01. The highest BCUT2D eigenvalue weighted by Crippen LogP contribution is 2.40. The van der Waals surface area contributed by atoms with Crippen LogP contribution < -0.4 is 14.4 Å². The molecular weight excluding hydrogens is 833 g/mol. The number of anilines is 3. The molecule has 0 radical (unpaired) electrons. The van der Waals surface area contributed by atoms with Crippen LogP contribution in [0, 0.1) is 0 Å². The monoisotopic (exact) mass is 880 g/mol. The number of hydrogen-bond donors (Lipinski definition) is 0. The lowest BCUT2D eigenvalue weighted by Gasteiger charge is -2.26. The van der Waals surface area contributed by atoms with E-state index in [1.807, 2.05) is 73.3 Å². The Bertz CT molecular complexity index is 3320. The minimum atomic E-state index is 0.820. The van der Waals surface area contributed by atoms with E-state index < -0.39 is 0 Å². The number of fused-ring (bicyclic) bond motifs is 3. The van der Waals surface area contributed by atoms with Crippen LogP contribution >= 0.6 is 0 Å². The molecule has 0 amide bonds. The number of ether oxygens (including phenoxy) is 2. The quantitative estimate of drug-likeness (QED) is 0.102. The van der Waals surface area contributed by atoms with Crippen molar-refractivity contribution in [1.29, 1.82) is 0 Å². The molecule has 68 heavy (non-hydrogen) atoms. The van der Waals surface area contributed by atoms with E-state index in [2.05, 4.69) is 201 Å². The maximum absolute atomic E-state index is 5.45. The largest absolute Gasteiger partial charge is 0.497 e. The van der Waals surface area contributed by atoms with E-state index in [9.17, 15) is 0 Å². The van der Waals surface area contributed by atoms with Crippen LogP contribution in [0.25, 0.3) is 50.8 Å². The van der Waals surface area contributed by atoms with E-state index in [1.165, 1.54) is 16.3 Å². The molecule has 7 aromatic carbocycles. The lowest BCUT2D eigenvalue weighted by molar-refractivity contribution is 0.414. The minimum Gasteiger partial charge on any atom is -0.497 e. The van der Waals surface area contributed by atoms with Crippen molar-refractivity contribution < 1.29 is 9.47 Å². The van der Waals surface area contributed by atoms with E-state index in [1.54, 1.807) is 14.2 Å². The Morgan fingerprint density at radius 2 is 0.868 bits per heavy atom. The van der Waals surface area contributed by atoms with Gasteiger partial charge in [-0.15, -0.1) is 0 Å². The molecule has 0 saturated heterocycles. The Kier molecular flexibility index (Phi) is 12.6. The first-order chi connectivity index (χ1) is 33.6. The Labute approximate surface area is 397 Å². The fraction of sp³-hybridized carbons (Fsp3) is 0.0323. The van der Waals surface area contributed by atoms with Crippen LogP contribution in [0.2, 0.25) is 0 Å². The molecule has 0 unspecified atom stereocenters. The van der Waals surface area contributed by atoms with Gasteiger partial charge in [0.15, 0.2) is 0 Å². The van der Waals surface area contributed by atoms with Crippen molar-refractivity contribution in [3.8, 4) is 17.2 Å². The summed E-state index contributed by atoms with van der Waals surface area (Å²) in [6.07, 6.45) is 20.1. The van der Waals surface area contributed by atoms with E-state index in [0.29, 0.717) is 0 Å². The molecule has 6 heteroatoms. The zero-order valence-electron chi connectivity index (χ0n) is 37.9. The summed E-state index contributed by atoms with van der Waals surface area (Å²) in [7, 11) is 3.37. The predicted molar refractivity (Wildman–Crippen MR) is 282 cm³/mol. The number of nitrogens with zero attached hydrogens (tertiary/aromatic N) is 4. The zero-order valence-corrected chi connectivity index (χ0v) is 37.9. The summed E-state index contributed by atoms with van der Waals surface area (Å²) in [5.41, 5.74) is 15.4. The first-order valence-electron chi connectivity index (χ1n) is 22.6. The van der Waals surface area contributed by atoms with Crippen molar-refractivity contribution in [3.05, 3.63) is 277 Å². The summed E-state index contributed by atoms with van der Waals surface area (Å²) < 4.78 is 13.3. The van der Waals surface area contributed by atoms with Crippen molar-refractivity contribution in [3.63, 3.8) is 0 Å². The molecule has 3 heterocycles. The summed E-state index contributed by atoms with van der Waals surface area (Å²) in [5.74, 6) is 1.64. The molecule has 0 N–H and O–H groups in total. The number of benzene rings is 7. The molecule has 0 spiro atoms. The summed E-state index contributed by atoms with van der Waals surface area (Å²) in [6.45, 7) is 0. The SMILES string of the molecule is COc1ccc(C(=C/C=C/c2ccc(N(c3ccc(/C=C/C=C(c4ccncc4)c4ccncc4)cc3)c3ccc4c(c3)c3ccccc3n4-c3ccccc3)cc2)c2ccc(OC)cc2)cc1. The highest BCUT2D eigenvalue weighted by Gasteiger charge is 2.17. The van der Waals surface area contributed by atoms with Crippen LogP contribution in [-0.4, -0.2) is 28.8 Å². The number of pyridine rings is 2. The maximum Gasteiger partial charge on any atom is 0.118 e. The van der Waals surface area contributed by atoms with Crippen molar-refractivity contribution in [1.82, 2.24) is 14.5 Å². The fourth-order valence-electron chi connectivity index (χ4n) is 8.70. The van der Waals surface area contributed by atoms with E-state index in [0.717, 1.165) is 84.3 Å². The second-order valence-corrected chi connectivity index (χ2v) is 16.2. The van der Waals surface area contributed by atoms with Crippen molar-refractivity contribution in [2.75, 3.05) is 19.1 Å². The van der Waals surface area contributed by atoms with Crippen LogP contribution in [0.15, 0.2) is 243 Å². The molecule has 0 aliphatic carbocycles. The van der Waals surface area contributed by atoms with Crippen molar-refractivity contribution >= 4 is 62.2 Å². The number of para-hydroxylation sites is 2. The highest BCUT2D eigenvalue weighted by atomic mass is 16.5. The van der Waals surface area contributed by atoms with Gasteiger partial charge in [-0.2, -0.15) is 0 Å². The van der Waals surface area contributed by atoms with Crippen molar-refractivity contribution in [2.24, 2.45) is 0 Å². The average molecular weight is 881 g/mol. The molecular formula is C62H48N4O2. The third kappa shape index (κ3) is 9.25. The molecule has 6 nitrogen and oxygen atoms in total. The van der Waals surface area contributed by atoms with Crippen LogP contribution in [0.5, 0.6) is 11.5 Å². The molecule has 0 bridgehead atoms. The van der Waals surface area contributed by atoms with Gasteiger partial charge in [0.1, 0.15) is 11.5 Å². The van der Waals surface area contributed by atoms with Gasteiger partial charge in [-0.3, -0.25) is 9.97 Å². The third-order valence-electron chi connectivity index (χ3n) is 12.1. The second-order valence-electron chi connectivity index (χ2n) is 16.2. The number of allylic oxidation sites excluding steroid dienone is 4. The lowest BCUT2D eigenvalue weighted by atomic mass is 9.97. The second kappa shape index (κ2) is 20.0. The molecule has 0 saturated carbocycles. The fourth-order valence-corrected chi connectivity index (χ4v) is 8.70. The van der Waals surface area contributed by atoms with Crippen LogP contribution in [-0.2, 0) is 0 Å². The normalized spacial score (nSPS) is 11.3. The van der Waals surface area contributed by atoms with Gasteiger partial charge in [0.25, 0.3) is 0 Å². The number of hydrogen-bond acceptors (Lipinski definition) is 5. The molecule has 0 fully saturated rings. The smallest absolute Gasteiger partial charge is 0.118 e. The van der Waals surface area contributed by atoms with Gasteiger partial charge < -0.3 is 18.9 Å². The molecule has 0 atom stereocenters. The van der Waals surface area contributed by atoms with Gasteiger partial charge in [-0.05, 0) is 154 Å². The number of methoxy groups -OCH3 is 2. The standard InChI is InChI=1S/C62H48N4O2/c1-67-55-31-22-47(23-32-55)57(48-24-33-56(68-2)34-25-48)15-8-10-45-18-26-52(27-19-45)65(54-30-35-62-60(44-54)59-14-6-7-17-61(59)66(62)51-12-4-3-5-13-51)53-28-20-46(21-29-53)11-9-16-58(49-36-40-63-41-37-49)50-38-42-64-43-39-50/h3-44H,1-2H3/b10-8+,11-9+. The van der Waals surface area contributed by atoms with Crippen molar-refractivity contribution in [2.45, 2.75) is 0 Å². The van der Waals surface area contributed by atoms with Gasteiger partial charge >= 0.3 is 0 Å². The number of aromatic nitrogens is 3. The summed E-state index contributed by atoms with van der Waals surface area (Å²) in [5, 5.41) is 2.39. The van der Waals surface area contributed by atoms with Gasteiger partial charge in [-0.25, -0.2) is 0 Å². The molecule has 0 aliphatic heterocycles. The first-order valence-corrected chi connectivity index (χ1v) is 22.6.